The molecule has 0 unspecified atom stereocenters. The molecule has 0 saturated carbocycles. The second-order valence-corrected chi connectivity index (χ2v) is 8.06. The number of nitrogens with zero attached hydrogens (tertiary/aromatic N) is 1. The number of halogens is 1. The Balaban J connectivity index is 1.65. The third-order valence-corrected chi connectivity index (χ3v) is 5.42. The SMILES string of the molecule is CCOc1ccc(/C=C2/SC(=O)N(CC(=O)Nc3ccc(I)cc3)C2=O)cc1. The third-order valence-electron chi connectivity index (χ3n) is 3.79. The van der Waals surface area contributed by atoms with Crippen LogP contribution in [0.3, 0.4) is 0 Å². The highest BCUT2D eigenvalue weighted by Gasteiger charge is 2.36. The first-order valence-electron chi connectivity index (χ1n) is 8.50. The van der Waals surface area contributed by atoms with Crippen molar-refractivity contribution in [1.82, 2.24) is 4.90 Å². The minimum absolute atomic E-state index is 0.288. The van der Waals surface area contributed by atoms with Crippen molar-refractivity contribution < 1.29 is 19.1 Å². The van der Waals surface area contributed by atoms with Crippen LogP contribution in [0.4, 0.5) is 10.5 Å². The van der Waals surface area contributed by atoms with Crippen LogP contribution in [-0.4, -0.2) is 35.1 Å². The summed E-state index contributed by atoms with van der Waals surface area (Å²) in [6, 6.07) is 14.5. The first-order chi connectivity index (χ1) is 13.5. The van der Waals surface area contributed by atoms with Crippen molar-refractivity contribution in [1.29, 1.82) is 0 Å². The molecule has 144 valence electrons. The summed E-state index contributed by atoms with van der Waals surface area (Å²) in [4.78, 5) is 38.2. The monoisotopic (exact) mass is 508 g/mol. The van der Waals surface area contributed by atoms with Gasteiger partial charge in [-0.3, -0.25) is 19.3 Å². The molecule has 1 aliphatic rings. The van der Waals surface area contributed by atoms with Crippen LogP contribution in [0, 0.1) is 3.57 Å². The molecule has 0 radical (unpaired) electrons. The van der Waals surface area contributed by atoms with E-state index in [1.54, 1.807) is 30.3 Å². The summed E-state index contributed by atoms with van der Waals surface area (Å²) in [6.45, 7) is 2.15. The Hall–Kier alpha value is -2.33. The van der Waals surface area contributed by atoms with Crippen molar-refractivity contribution in [2.24, 2.45) is 0 Å². The minimum Gasteiger partial charge on any atom is -0.494 e. The van der Waals surface area contributed by atoms with E-state index in [9.17, 15) is 14.4 Å². The van der Waals surface area contributed by atoms with Crippen LogP contribution >= 0.6 is 34.4 Å². The van der Waals surface area contributed by atoms with E-state index in [1.165, 1.54) is 0 Å². The molecule has 1 heterocycles. The zero-order valence-corrected chi connectivity index (χ0v) is 18.0. The summed E-state index contributed by atoms with van der Waals surface area (Å²) in [7, 11) is 0. The molecule has 0 aliphatic carbocycles. The number of hydrogen-bond acceptors (Lipinski definition) is 5. The van der Waals surface area contributed by atoms with Gasteiger partial charge >= 0.3 is 0 Å². The van der Waals surface area contributed by atoms with Gasteiger partial charge in [0.15, 0.2) is 0 Å². The van der Waals surface area contributed by atoms with Crippen LogP contribution in [0.1, 0.15) is 12.5 Å². The van der Waals surface area contributed by atoms with E-state index in [0.717, 1.165) is 31.5 Å². The van der Waals surface area contributed by atoms with E-state index >= 15 is 0 Å². The van der Waals surface area contributed by atoms with Gasteiger partial charge in [0.05, 0.1) is 11.5 Å². The standard InChI is InChI=1S/C20H17IN2O4S/c1-2-27-16-9-3-13(4-10-16)11-17-19(25)23(20(26)28-17)12-18(24)22-15-7-5-14(21)6-8-15/h3-11H,2,12H2,1H3,(H,22,24)/b17-11+. The number of amides is 3. The highest BCUT2D eigenvalue weighted by molar-refractivity contribution is 14.1. The number of nitrogens with one attached hydrogen (secondary N) is 1. The minimum atomic E-state index is -0.471. The largest absolute Gasteiger partial charge is 0.494 e. The topological polar surface area (TPSA) is 75.7 Å². The number of ether oxygens (including phenoxy) is 1. The Morgan fingerprint density at radius 2 is 1.82 bits per heavy atom. The average molecular weight is 508 g/mol. The van der Waals surface area contributed by atoms with E-state index in [4.69, 9.17) is 4.74 Å². The molecule has 2 aromatic rings. The Morgan fingerprint density at radius 3 is 2.46 bits per heavy atom. The van der Waals surface area contributed by atoms with Gasteiger partial charge in [0.1, 0.15) is 12.3 Å². The number of carbonyl (C=O) groups is 3. The maximum Gasteiger partial charge on any atom is 0.294 e. The Labute approximate surface area is 180 Å². The molecule has 8 heteroatoms. The molecule has 3 rings (SSSR count). The third kappa shape index (κ3) is 5.14. The predicted octanol–water partition coefficient (Wildman–Crippen LogP) is 4.36. The summed E-state index contributed by atoms with van der Waals surface area (Å²) in [6.07, 6.45) is 1.64. The fourth-order valence-corrected chi connectivity index (χ4v) is 3.69. The lowest BCUT2D eigenvalue weighted by Gasteiger charge is -2.12. The number of imide groups is 1. The number of carbonyl (C=O) groups excluding carboxylic acids is 3. The quantitative estimate of drug-likeness (QED) is 0.464. The first-order valence-corrected chi connectivity index (χ1v) is 10.4. The van der Waals surface area contributed by atoms with Crippen LogP contribution in [0.15, 0.2) is 53.4 Å². The lowest BCUT2D eigenvalue weighted by molar-refractivity contribution is -0.127. The zero-order valence-electron chi connectivity index (χ0n) is 15.0. The molecule has 2 aromatic carbocycles. The van der Waals surface area contributed by atoms with E-state index in [1.807, 2.05) is 31.2 Å². The number of rotatable bonds is 6. The van der Waals surface area contributed by atoms with Crippen molar-refractivity contribution in [2.45, 2.75) is 6.92 Å². The normalized spacial score (nSPS) is 15.2. The van der Waals surface area contributed by atoms with Gasteiger partial charge in [-0.2, -0.15) is 0 Å². The van der Waals surface area contributed by atoms with Gasteiger partial charge in [-0.05, 0) is 89.3 Å². The van der Waals surface area contributed by atoms with Crippen LogP contribution < -0.4 is 10.1 Å². The van der Waals surface area contributed by atoms with Crippen molar-refractivity contribution >= 4 is 63.2 Å². The molecule has 6 nitrogen and oxygen atoms in total. The predicted molar refractivity (Wildman–Crippen MR) is 118 cm³/mol. The summed E-state index contributed by atoms with van der Waals surface area (Å²) < 4.78 is 6.43. The first kappa shape index (κ1) is 20.4. The van der Waals surface area contributed by atoms with Crippen molar-refractivity contribution in [3.05, 3.63) is 62.6 Å². The van der Waals surface area contributed by atoms with Gasteiger partial charge in [0, 0.05) is 9.26 Å². The van der Waals surface area contributed by atoms with E-state index in [-0.39, 0.29) is 11.4 Å². The summed E-state index contributed by atoms with van der Waals surface area (Å²) in [5, 5.41) is 2.23. The molecule has 1 fully saturated rings. The van der Waals surface area contributed by atoms with Crippen molar-refractivity contribution in [3.8, 4) is 5.75 Å². The summed E-state index contributed by atoms with van der Waals surface area (Å²) >= 11 is 2.99. The van der Waals surface area contributed by atoms with Crippen LogP contribution in [-0.2, 0) is 9.59 Å². The lowest BCUT2D eigenvalue weighted by Crippen LogP contribution is -2.36. The highest BCUT2D eigenvalue weighted by Crippen LogP contribution is 2.32. The van der Waals surface area contributed by atoms with Crippen molar-refractivity contribution in [3.63, 3.8) is 0 Å². The molecule has 1 N–H and O–H groups in total. The average Bonchev–Trinajstić information content (AvgIpc) is 2.93. The fraction of sp³-hybridized carbons (Fsp3) is 0.150. The van der Waals surface area contributed by atoms with Gasteiger partial charge in [-0.1, -0.05) is 12.1 Å². The van der Waals surface area contributed by atoms with Crippen LogP contribution in [0.5, 0.6) is 5.75 Å². The molecular weight excluding hydrogens is 491 g/mol. The number of thioether (sulfide) groups is 1. The number of hydrogen-bond donors (Lipinski definition) is 1. The van der Waals surface area contributed by atoms with Gasteiger partial charge in [0.2, 0.25) is 5.91 Å². The van der Waals surface area contributed by atoms with Gasteiger partial charge in [0.25, 0.3) is 11.1 Å². The second-order valence-electron chi connectivity index (χ2n) is 5.82. The smallest absolute Gasteiger partial charge is 0.294 e. The number of anilines is 1. The van der Waals surface area contributed by atoms with Crippen LogP contribution in [0.25, 0.3) is 6.08 Å². The molecule has 0 bridgehead atoms. The Bertz CT molecular complexity index is 926. The molecule has 0 spiro atoms. The molecule has 3 amide bonds. The molecule has 1 aliphatic heterocycles. The van der Waals surface area contributed by atoms with E-state index in [0.29, 0.717) is 12.3 Å². The van der Waals surface area contributed by atoms with Gasteiger partial charge < -0.3 is 10.1 Å². The maximum atomic E-state index is 12.5. The fourth-order valence-electron chi connectivity index (χ4n) is 2.49. The Kier molecular flexibility index (Phi) is 6.74. The zero-order chi connectivity index (χ0) is 20.1. The molecule has 0 aromatic heterocycles. The second kappa shape index (κ2) is 9.24. The van der Waals surface area contributed by atoms with Crippen molar-refractivity contribution in [2.75, 3.05) is 18.5 Å². The number of benzene rings is 2. The molecule has 28 heavy (non-hydrogen) atoms. The summed E-state index contributed by atoms with van der Waals surface area (Å²) in [5.41, 5.74) is 1.39. The molecule has 0 atom stereocenters. The molecular formula is C20H17IN2O4S. The lowest BCUT2D eigenvalue weighted by atomic mass is 10.2. The van der Waals surface area contributed by atoms with E-state index < -0.39 is 17.1 Å². The van der Waals surface area contributed by atoms with Gasteiger partial charge in [-0.25, -0.2) is 0 Å². The maximum absolute atomic E-state index is 12.5. The van der Waals surface area contributed by atoms with Crippen LogP contribution in [0.2, 0.25) is 0 Å². The Morgan fingerprint density at radius 1 is 1.14 bits per heavy atom. The van der Waals surface area contributed by atoms with Gasteiger partial charge in [-0.15, -0.1) is 0 Å². The molecule has 1 saturated heterocycles. The van der Waals surface area contributed by atoms with E-state index in [2.05, 4.69) is 27.9 Å². The summed E-state index contributed by atoms with van der Waals surface area (Å²) in [5.74, 6) is -0.160. The highest BCUT2D eigenvalue weighted by atomic mass is 127.